The number of ether oxygens (including phenoxy) is 1. The van der Waals surface area contributed by atoms with Crippen LogP contribution in [0.4, 0.5) is 0 Å². The summed E-state index contributed by atoms with van der Waals surface area (Å²) < 4.78 is 5.57. The molecule has 0 radical (unpaired) electrons. The third-order valence-electron chi connectivity index (χ3n) is 3.53. The minimum absolute atomic E-state index is 0.323. The van der Waals surface area contributed by atoms with Gasteiger partial charge in [-0.1, -0.05) is 32.8 Å². The van der Waals surface area contributed by atoms with Gasteiger partial charge in [-0.15, -0.1) is 0 Å². The van der Waals surface area contributed by atoms with Crippen molar-refractivity contribution in [3.63, 3.8) is 0 Å². The van der Waals surface area contributed by atoms with Gasteiger partial charge in [-0.2, -0.15) is 0 Å². The molecule has 0 aromatic carbocycles. The Morgan fingerprint density at radius 3 is 2.47 bits per heavy atom. The van der Waals surface area contributed by atoms with Crippen molar-refractivity contribution in [3.05, 3.63) is 23.0 Å². The SMILES string of the molecule is CCCCOC=C1CC(C)(C)C(C)=C1C. The van der Waals surface area contributed by atoms with Crippen molar-refractivity contribution in [1.82, 2.24) is 0 Å². The summed E-state index contributed by atoms with van der Waals surface area (Å²) in [6.45, 7) is 12.1. The lowest BCUT2D eigenvalue weighted by Crippen LogP contribution is -2.07. The van der Waals surface area contributed by atoms with Crippen LogP contribution in [0.2, 0.25) is 0 Å². The Balaban J connectivity index is 2.60. The fourth-order valence-corrected chi connectivity index (χ4v) is 2.01. The van der Waals surface area contributed by atoms with E-state index in [1.54, 1.807) is 0 Å². The number of hydrogen-bond acceptors (Lipinski definition) is 1. The number of allylic oxidation sites excluding steroid dienone is 3. The second-order valence-electron chi connectivity index (χ2n) is 5.18. The smallest absolute Gasteiger partial charge is 0.0873 e. The lowest BCUT2D eigenvalue weighted by molar-refractivity contribution is 0.240. The Bertz CT molecular complexity index is 282. The van der Waals surface area contributed by atoms with Crippen LogP contribution in [0.1, 0.15) is 53.9 Å². The summed E-state index contributed by atoms with van der Waals surface area (Å²) >= 11 is 0. The zero-order valence-electron chi connectivity index (χ0n) is 10.8. The van der Waals surface area contributed by atoms with Crippen LogP contribution in [0.3, 0.4) is 0 Å². The van der Waals surface area contributed by atoms with Crippen LogP contribution >= 0.6 is 0 Å². The first-order valence-electron chi connectivity index (χ1n) is 5.98. The maximum atomic E-state index is 5.57. The fourth-order valence-electron chi connectivity index (χ4n) is 2.01. The van der Waals surface area contributed by atoms with Gasteiger partial charge in [0.15, 0.2) is 0 Å². The lowest BCUT2D eigenvalue weighted by Gasteiger charge is -2.18. The van der Waals surface area contributed by atoms with Gasteiger partial charge in [0.1, 0.15) is 0 Å². The van der Waals surface area contributed by atoms with E-state index in [-0.39, 0.29) is 0 Å². The number of hydrogen-bond donors (Lipinski definition) is 0. The van der Waals surface area contributed by atoms with Crippen LogP contribution in [-0.4, -0.2) is 6.61 Å². The van der Waals surface area contributed by atoms with Gasteiger partial charge >= 0.3 is 0 Å². The normalized spacial score (nSPS) is 22.6. The molecule has 1 aliphatic rings. The molecule has 0 fully saturated rings. The molecule has 86 valence electrons. The van der Waals surface area contributed by atoms with E-state index in [0.29, 0.717) is 5.41 Å². The van der Waals surface area contributed by atoms with Crippen LogP contribution in [-0.2, 0) is 4.74 Å². The Kier molecular flexibility index (Phi) is 4.01. The van der Waals surface area contributed by atoms with Crippen LogP contribution in [0.15, 0.2) is 23.0 Å². The van der Waals surface area contributed by atoms with E-state index in [2.05, 4.69) is 34.6 Å². The van der Waals surface area contributed by atoms with E-state index < -0.39 is 0 Å². The highest BCUT2D eigenvalue weighted by Gasteiger charge is 2.30. The molecule has 0 aromatic heterocycles. The van der Waals surface area contributed by atoms with Gasteiger partial charge in [0, 0.05) is 0 Å². The van der Waals surface area contributed by atoms with Crippen LogP contribution in [0.5, 0.6) is 0 Å². The van der Waals surface area contributed by atoms with E-state index in [1.165, 1.54) is 23.1 Å². The van der Waals surface area contributed by atoms with Gasteiger partial charge in [0.05, 0.1) is 12.9 Å². The molecule has 0 saturated heterocycles. The largest absolute Gasteiger partial charge is 0.501 e. The maximum absolute atomic E-state index is 5.57. The summed E-state index contributed by atoms with van der Waals surface area (Å²) in [7, 11) is 0. The zero-order chi connectivity index (χ0) is 11.5. The Hall–Kier alpha value is -0.720. The van der Waals surface area contributed by atoms with E-state index in [4.69, 9.17) is 4.74 Å². The van der Waals surface area contributed by atoms with Crippen molar-refractivity contribution in [1.29, 1.82) is 0 Å². The van der Waals surface area contributed by atoms with Gasteiger partial charge in [0.25, 0.3) is 0 Å². The average molecular weight is 208 g/mol. The maximum Gasteiger partial charge on any atom is 0.0873 e. The second kappa shape index (κ2) is 4.87. The quantitative estimate of drug-likeness (QED) is 0.490. The Morgan fingerprint density at radius 1 is 1.33 bits per heavy atom. The van der Waals surface area contributed by atoms with Crippen LogP contribution < -0.4 is 0 Å². The summed E-state index contributed by atoms with van der Waals surface area (Å²) in [5, 5.41) is 0. The molecule has 0 amide bonds. The number of unbranched alkanes of at least 4 members (excludes halogenated alkanes) is 1. The summed E-state index contributed by atoms with van der Waals surface area (Å²) in [5.41, 5.74) is 4.64. The Morgan fingerprint density at radius 2 is 2.00 bits per heavy atom. The molecule has 0 aliphatic heterocycles. The van der Waals surface area contributed by atoms with E-state index in [0.717, 1.165) is 19.4 Å². The fraction of sp³-hybridized carbons (Fsp3) is 0.714. The molecule has 0 unspecified atom stereocenters. The van der Waals surface area contributed by atoms with Crippen LogP contribution in [0.25, 0.3) is 0 Å². The molecule has 0 atom stereocenters. The van der Waals surface area contributed by atoms with Crippen molar-refractivity contribution in [2.24, 2.45) is 5.41 Å². The molecule has 1 rings (SSSR count). The third-order valence-corrected chi connectivity index (χ3v) is 3.53. The highest BCUT2D eigenvalue weighted by molar-refractivity contribution is 5.42. The molecule has 0 N–H and O–H groups in total. The molecule has 1 nitrogen and oxygen atoms in total. The summed E-state index contributed by atoms with van der Waals surface area (Å²) in [4.78, 5) is 0. The topological polar surface area (TPSA) is 9.23 Å². The molecule has 1 heteroatoms. The van der Waals surface area contributed by atoms with Gasteiger partial charge < -0.3 is 4.74 Å². The first-order chi connectivity index (χ1) is 6.99. The Labute approximate surface area is 94.2 Å². The molecule has 0 bridgehead atoms. The summed E-state index contributed by atoms with van der Waals surface area (Å²) in [6.07, 6.45) is 5.44. The molecule has 0 saturated carbocycles. The summed E-state index contributed by atoms with van der Waals surface area (Å²) in [6, 6.07) is 0. The van der Waals surface area contributed by atoms with Gasteiger partial charge in [-0.3, -0.25) is 0 Å². The number of rotatable bonds is 4. The van der Waals surface area contributed by atoms with Gasteiger partial charge in [0.2, 0.25) is 0 Å². The van der Waals surface area contributed by atoms with Crippen molar-refractivity contribution in [3.8, 4) is 0 Å². The van der Waals surface area contributed by atoms with Crippen molar-refractivity contribution in [2.45, 2.75) is 53.9 Å². The van der Waals surface area contributed by atoms with E-state index in [1.807, 2.05) is 6.26 Å². The van der Waals surface area contributed by atoms with Crippen molar-refractivity contribution in [2.75, 3.05) is 6.61 Å². The van der Waals surface area contributed by atoms with Gasteiger partial charge in [-0.05, 0) is 43.3 Å². The molecule has 15 heavy (non-hydrogen) atoms. The third kappa shape index (κ3) is 2.87. The first-order valence-corrected chi connectivity index (χ1v) is 5.98. The predicted molar refractivity (Wildman–Crippen MR) is 65.7 cm³/mol. The minimum atomic E-state index is 0.323. The first kappa shape index (κ1) is 12.4. The van der Waals surface area contributed by atoms with E-state index in [9.17, 15) is 0 Å². The molecule has 0 aromatic rings. The van der Waals surface area contributed by atoms with E-state index >= 15 is 0 Å². The monoisotopic (exact) mass is 208 g/mol. The average Bonchev–Trinajstić information content (AvgIpc) is 2.37. The predicted octanol–water partition coefficient (Wildman–Crippen LogP) is 4.45. The zero-order valence-corrected chi connectivity index (χ0v) is 10.8. The minimum Gasteiger partial charge on any atom is -0.501 e. The second-order valence-corrected chi connectivity index (χ2v) is 5.18. The molecule has 0 heterocycles. The lowest BCUT2D eigenvalue weighted by atomic mass is 9.86. The molecule has 1 aliphatic carbocycles. The van der Waals surface area contributed by atoms with Gasteiger partial charge in [-0.25, -0.2) is 0 Å². The van der Waals surface area contributed by atoms with Crippen molar-refractivity contribution >= 4 is 0 Å². The molecule has 0 spiro atoms. The highest BCUT2D eigenvalue weighted by Crippen LogP contribution is 2.44. The van der Waals surface area contributed by atoms with Crippen LogP contribution in [0, 0.1) is 5.41 Å². The molecular weight excluding hydrogens is 184 g/mol. The summed E-state index contributed by atoms with van der Waals surface area (Å²) in [5.74, 6) is 0. The molecular formula is C14H24O. The standard InChI is InChI=1S/C14H24O/c1-6-7-8-15-10-13-9-14(4,5)12(3)11(13)2/h10H,6-9H2,1-5H3. The van der Waals surface area contributed by atoms with Crippen molar-refractivity contribution < 1.29 is 4.74 Å². The highest BCUT2D eigenvalue weighted by atomic mass is 16.5.